The first-order chi connectivity index (χ1) is 13.0. The SMILES string of the molecule is COC[C@H](C)N1C[C@H](C(=O)N2CCN(c3ccccc3OC)CC2)CC1=O. The van der Waals surface area contributed by atoms with Gasteiger partial charge < -0.3 is 24.2 Å². The molecule has 0 bridgehead atoms. The summed E-state index contributed by atoms with van der Waals surface area (Å²) in [7, 11) is 3.30. The summed E-state index contributed by atoms with van der Waals surface area (Å²) in [4.78, 5) is 31.1. The van der Waals surface area contributed by atoms with Crippen molar-refractivity contribution in [1.29, 1.82) is 0 Å². The molecule has 7 heteroatoms. The van der Waals surface area contributed by atoms with Crippen LogP contribution < -0.4 is 9.64 Å². The van der Waals surface area contributed by atoms with Crippen LogP contribution in [0.3, 0.4) is 0 Å². The van der Waals surface area contributed by atoms with Crippen molar-refractivity contribution in [2.24, 2.45) is 5.92 Å². The fraction of sp³-hybridized carbons (Fsp3) is 0.600. The Morgan fingerprint density at radius 2 is 1.89 bits per heavy atom. The molecular weight excluding hydrogens is 346 g/mol. The van der Waals surface area contributed by atoms with Crippen molar-refractivity contribution < 1.29 is 19.1 Å². The van der Waals surface area contributed by atoms with Crippen LogP contribution in [0.2, 0.25) is 0 Å². The van der Waals surface area contributed by atoms with Crippen LogP contribution in [-0.4, -0.2) is 81.2 Å². The molecule has 0 aromatic heterocycles. The first-order valence-electron chi connectivity index (χ1n) is 9.50. The Labute approximate surface area is 160 Å². The van der Waals surface area contributed by atoms with Crippen LogP contribution in [0.4, 0.5) is 5.69 Å². The minimum Gasteiger partial charge on any atom is -0.495 e. The Kier molecular flexibility index (Phi) is 6.21. The molecule has 1 aromatic carbocycles. The molecule has 0 aliphatic carbocycles. The number of rotatable bonds is 6. The number of para-hydroxylation sites is 2. The molecule has 2 amide bonds. The molecule has 27 heavy (non-hydrogen) atoms. The summed E-state index contributed by atoms with van der Waals surface area (Å²) in [5.41, 5.74) is 1.06. The highest BCUT2D eigenvalue weighted by atomic mass is 16.5. The summed E-state index contributed by atoms with van der Waals surface area (Å²) in [5, 5.41) is 0. The molecule has 2 fully saturated rings. The second-order valence-electron chi connectivity index (χ2n) is 7.24. The topological polar surface area (TPSA) is 62.3 Å². The number of carbonyl (C=O) groups excluding carboxylic acids is 2. The number of nitrogens with zero attached hydrogens (tertiary/aromatic N) is 3. The average Bonchev–Trinajstić information content (AvgIpc) is 3.09. The molecule has 2 aliphatic rings. The standard InChI is InChI=1S/C20H29N3O4/c1-15(14-26-2)23-13-16(12-19(23)24)20(25)22-10-8-21(9-11-22)17-6-4-5-7-18(17)27-3/h4-7,15-16H,8-14H2,1-3H3/t15-,16+/m0/s1. The molecule has 0 saturated carbocycles. The van der Waals surface area contributed by atoms with Crippen LogP contribution in [0.25, 0.3) is 0 Å². The third-order valence-corrected chi connectivity index (χ3v) is 5.46. The number of likely N-dealkylation sites (tertiary alicyclic amines) is 1. The Morgan fingerprint density at radius 1 is 1.19 bits per heavy atom. The number of carbonyl (C=O) groups is 2. The van der Waals surface area contributed by atoms with Gasteiger partial charge in [-0.05, 0) is 19.1 Å². The Morgan fingerprint density at radius 3 is 2.56 bits per heavy atom. The lowest BCUT2D eigenvalue weighted by molar-refractivity contribution is -0.136. The normalized spacial score (nSPS) is 21.5. The fourth-order valence-electron chi connectivity index (χ4n) is 3.97. The lowest BCUT2D eigenvalue weighted by Crippen LogP contribution is -2.51. The maximum Gasteiger partial charge on any atom is 0.228 e. The van der Waals surface area contributed by atoms with Gasteiger partial charge in [-0.1, -0.05) is 12.1 Å². The zero-order valence-corrected chi connectivity index (χ0v) is 16.4. The van der Waals surface area contributed by atoms with Crippen molar-refractivity contribution in [3.63, 3.8) is 0 Å². The summed E-state index contributed by atoms with van der Waals surface area (Å²) >= 11 is 0. The number of benzene rings is 1. The highest BCUT2D eigenvalue weighted by molar-refractivity contribution is 5.89. The van der Waals surface area contributed by atoms with E-state index in [0.29, 0.717) is 32.7 Å². The van der Waals surface area contributed by atoms with Gasteiger partial charge in [0, 0.05) is 46.3 Å². The van der Waals surface area contributed by atoms with E-state index >= 15 is 0 Å². The van der Waals surface area contributed by atoms with Crippen molar-refractivity contribution in [2.75, 3.05) is 58.5 Å². The Hall–Kier alpha value is -2.28. The van der Waals surface area contributed by atoms with E-state index in [1.807, 2.05) is 36.1 Å². The third kappa shape index (κ3) is 4.18. The Bertz CT molecular complexity index is 673. The number of amides is 2. The molecule has 1 aromatic rings. The monoisotopic (exact) mass is 375 g/mol. The van der Waals surface area contributed by atoms with Gasteiger partial charge >= 0.3 is 0 Å². The smallest absolute Gasteiger partial charge is 0.228 e. The van der Waals surface area contributed by atoms with Gasteiger partial charge in [0.1, 0.15) is 5.75 Å². The van der Waals surface area contributed by atoms with Crippen LogP contribution in [0, 0.1) is 5.92 Å². The van der Waals surface area contributed by atoms with E-state index in [2.05, 4.69) is 4.90 Å². The number of anilines is 1. The van der Waals surface area contributed by atoms with Crippen molar-refractivity contribution in [1.82, 2.24) is 9.80 Å². The van der Waals surface area contributed by atoms with Gasteiger partial charge in [0.05, 0.1) is 31.4 Å². The number of ether oxygens (including phenoxy) is 2. The quantitative estimate of drug-likeness (QED) is 0.748. The summed E-state index contributed by atoms with van der Waals surface area (Å²) in [6, 6.07) is 7.95. The summed E-state index contributed by atoms with van der Waals surface area (Å²) < 4.78 is 10.6. The van der Waals surface area contributed by atoms with Gasteiger partial charge in [-0.15, -0.1) is 0 Å². The van der Waals surface area contributed by atoms with Gasteiger partial charge in [0.2, 0.25) is 11.8 Å². The number of hydrogen-bond acceptors (Lipinski definition) is 5. The lowest BCUT2D eigenvalue weighted by atomic mass is 10.1. The minimum atomic E-state index is -0.241. The maximum atomic E-state index is 12.9. The summed E-state index contributed by atoms with van der Waals surface area (Å²) in [6.45, 7) is 5.79. The van der Waals surface area contributed by atoms with Crippen LogP contribution in [-0.2, 0) is 14.3 Å². The number of hydrogen-bond donors (Lipinski definition) is 0. The van der Waals surface area contributed by atoms with Gasteiger partial charge in [-0.3, -0.25) is 9.59 Å². The van der Waals surface area contributed by atoms with Gasteiger partial charge in [-0.25, -0.2) is 0 Å². The molecule has 0 radical (unpaired) electrons. The molecular formula is C20H29N3O4. The Balaban J connectivity index is 1.57. The van der Waals surface area contributed by atoms with E-state index in [4.69, 9.17) is 9.47 Å². The average molecular weight is 375 g/mol. The molecule has 2 aliphatic heterocycles. The highest BCUT2D eigenvalue weighted by Crippen LogP contribution is 2.29. The van der Waals surface area contributed by atoms with E-state index in [1.165, 1.54) is 0 Å². The zero-order chi connectivity index (χ0) is 19.4. The van der Waals surface area contributed by atoms with E-state index in [-0.39, 0.29) is 23.8 Å². The molecule has 7 nitrogen and oxygen atoms in total. The first-order valence-corrected chi connectivity index (χ1v) is 9.50. The van der Waals surface area contributed by atoms with Crippen molar-refractivity contribution >= 4 is 17.5 Å². The maximum absolute atomic E-state index is 12.9. The van der Waals surface area contributed by atoms with Gasteiger partial charge in [0.15, 0.2) is 0 Å². The van der Waals surface area contributed by atoms with E-state index < -0.39 is 0 Å². The molecule has 0 spiro atoms. The summed E-state index contributed by atoms with van der Waals surface area (Å²) in [6.07, 6.45) is 0.305. The van der Waals surface area contributed by atoms with E-state index in [0.717, 1.165) is 24.5 Å². The largest absolute Gasteiger partial charge is 0.495 e. The minimum absolute atomic E-state index is 0.00249. The van der Waals surface area contributed by atoms with E-state index in [1.54, 1.807) is 19.1 Å². The summed E-state index contributed by atoms with van der Waals surface area (Å²) in [5.74, 6) is 0.747. The van der Waals surface area contributed by atoms with Crippen molar-refractivity contribution in [3.05, 3.63) is 24.3 Å². The van der Waals surface area contributed by atoms with Crippen molar-refractivity contribution in [3.8, 4) is 5.75 Å². The third-order valence-electron chi connectivity index (χ3n) is 5.46. The molecule has 2 saturated heterocycles. The predicted molar refractivity (Wildman–Crippen MR) is 103 cm³/mol. The second kappa shape index (κ2) is 8.61. The highest BCUT2D eigenvalue weighted by Gasteiger charge is 2.39. The van der Waals surface area contributed by atoms with Crippen LogP contribution >= 0.6 is 0 Å². The lowest BCUT2D eigenvalue weighted by Gasteiger charge is -2.37. The zero-order valence-electron chi connectivity index (χ0n) is 16.4. The predicted octanol–water partition coefficient (Wildman–Crippen LogP) is 1.23. The second-order valence-corrected chi connectivity index (χ2v) is 7.24. The van der Waals surface area contributed by atoms with Gasteiger partial charge in [0.25, 0.3) is 0 Å². The molecule has 0 unspecified atom stereocenters. The number of piperazine rings is 1. The molecule has 0 N–H and O–H groups in total. The first kappa shape index (κ1) is 19.5. The van der Waals surface area contributed by atoms with Crippen molar-refractivity contribution in [2.45, 2.75) is 19.4 Å². The fourth-order valence-corrected chi connectivity index (χ4v) is 3.97. The number of methoxy groups -OCH3 is 2. The van der Waals surface area contributed by atoms with Crippen LogP contribution in [0.15, 0.2) is 24.3 Å². The van der Waals surface area contributed by atoms with Crippen LogP contribution in [0.1, 0.15) is 13.3 Å². The van der Waals surface area contributed by atoms with E-state index in [9.17, 15) is 9.59 Å². The molecule has 2 atom stereocenters. The van der Waals surface area contributed by atoms with Gasteiger partial charge in [-0.2, -0.15) is 0 Å². The molecule has 2 heterocycles. The van der Waals surface area contributed by atoms with Crippen LogP contribution in [0.5, 0.6) is 5.75 Å². The molecule has 148 valence electrons. The molecule has 3 rings (SSSR count).